The van der Waals surface area contributed by atoms with Crippen molar-refractivity contribution in [2.24, 2.45) is 5.92 Å². The van der Waals surface area contributed by atoms with Crippen LogP contribution in [0.5, 0.6) is 0 Å². The van der Waals surface area contributed by atoms with Crippen molar-refractivity contribution in [1.82, 2.24) is 5.32 Å². The predicted molar refractivity (Wildman–Crippen MR) is 63.8 cm³/mol. The van der Waals surface area contributed by atoms with Crippen LogP contribution in [-0.4, -0.2) is 18.9 Å². The van der Waals surface area contributed by atoms with Gasteiger partial charge in [0.15, 0.2) is 5.78 Å². The van der Waals surface area contributed by atoms with Gasteiger partial charge in [0.1, 0.15) is 0 Å². The SMILES string of the molecule is CNC(CC1=CCCC=C1)C(=O)C(C)C. The Labute approximate surface area is 92.4 Å². The van der Waals surface area contributed by atoms with Gasteiger partial charge in [-0.15, -0.1) is 0 Å². The Morgan fingerprint density at radius 2 is 2.20 bits per heavy atom. The summed E-state index contributed by atoms with van der Waals surface area (Å²) in [5.41, 5.74) is 1.29. The molecule has 1 aliphatic rings. The molecule has 0 aliphatic heterocycles. The van der Waals surface area contributed by atoms with Crippen molar-refractivity contribution >= 4 is 5.78 Å². The highest BCUT2D eigenvalue weighted by Gasteiger charge is 2.20. The van der Waals surface area contributed by atoms with Crippen molar-refractivity contribution in [2.45, 2.75) is 39.2 Å². The third kappa shape index (κ3) is 3.63. The van der Waals surface area contributed by atoms with E-state index < -0.39 is 0 Å². The third-order valence-corrected chi connectivity index (χ3v) is 2.77. The lowest BCUT2D eigenvalue weighted by Crippen LogP contribution is -2.37. The minimum atomic E-state index is -0.0287. The van der Waals surface area contributed by atoms with Crippen LogP contribution in [0.1, 0.15) is 33.1 Å². The summed E-state index contributed by atoms with van der Waals surface area (Å²) in [5.74, 6) is 0.410. The van der Waals surface area contributed by atoms with Crippen LogP contribution in [0.4, 0.5) is 0 Å². The molecule has 1 unspecified atom stereocenters. The minimum absolute atomic E-state index is 0.0287. The van der Waals surface area contributed by atoms with Crippen LogP contribution in [-0.2, 0) is 4.79 Å². The van der Waals surface area contributed by atoms with E-state index in [9.17, 15) is 4.79 Å². The molecule has 2 heteroatoms. The second-order valence-corrected chi connectivity index (χ2v) is 4.36. The maximum absolute atomic E-state index is 11.8. The van der Waals surface area contributed by atoms with E-state index in [0.717, 1.165) is 19.3 Å². The Kier molecular flexibility index (Phi) is 4.76. The van der Waals surface area contributed by atoms with Gasteiger partial charge in [-0.1, -0.05) is 37.6 Å². The van der Waals surface area contributed by atoms with Gasteiger partial charge in [-0.05, 0) is 26.3 Å². The number of hydrogen-bond donors (Lipinski definition) is 1. The lowest BCUT2D eigenvalue weighted by molar-refractivity contribution is -0.123. The molecule has 1 N–H and O–H groups in total. The van der Waals surface area contributed by atoms with Crippen LogP contribution >= 0.6 is 0 Å². The molecule has 1 rings (SSSR count). The van der Waals surface area contributed by atoms with Crippen molar-refractivity contribution in [3.63, 3.8) is 0 Å². The molecule has 0 amide bonds. The fourth-order valence-electron chi connectivity index (χ4n) is 1.80. The van der Waals surface area contributed by atoms with E-state index in [-0.39, 0.29) is 12.0 Å². The topological polar surface area (TPSA) is 29.1 Å². The number of ketones is 1. The zero-order chi connectivity index (χ0) is 11.3. The highest BCUT2D eigenvalue weighted by atomic mass is 16.1. The summed E-state index contributed by atoms with van der Waals surface area (Å²) in [6, 6.07) is -0.0287. The number of allylic oxidation sites excluding steroid dienone is 3. The number of likely N-dealkylation sites (N-methyl/N-ethyl adjacent to an activating group) is 1. The summed E-state index contributed by atoms with van der Waals surface area (Å²) in [6.45, 7) is 3.91. The van der Waals surface area contributed by atoms with E-state index in [0.29, 0.717) is 5.78 Å². The van der Waals surface area contributed by atoms with E-state index in [1.165, 1.54) is 5.57 Å². The summed E-state index contributed by atoms with van der Waals surface area (Å²) < 4.78 is 0. The average Bonchev–Trinajstić information content (AvgIpc) is 2.26. The highest BCUT2D eigenvalue weighted by Crippen LogP contribution is 2.16. The number of hydrogen-bond acceptors (Lipinski definition) is 2. The molecule has 0 radical (unpaired) electrons. The number of nitrogens with one attached hydrogen (secondary N) is 1. The van der Waals surface area contributed by atoms with Crippen LogP contribution in [0.2, 0.25) is 0 Å². The van der Waals surface area contributed by atoms with Gasteiger partial charge in [0, 0.05) is 5.92 Å². The molecule has 0 bridgehead atoms. The van der Waals surface area contributed by atoms with Crippen LogP contribution in [0, 0.1) is 5.92 Å². The smallest absolute Gasteiger partial charge is 0.152 e. The molecular formula is C13H21NO. The summed E-state index contributed by atoms with van der Waals surface area (Å²) >= 11 is 0. The van der Waals surface area contributed by atoms with Crippen LogP contribution in [0.25, 0.3) is 0 Å². The molecule has 0 fully saturated rings. The van der Waals surface area contributed by atoms with E-state index in [2.05, 4.69) is 23.5 Å². The van der Waals surface area contributed by atoms with Gasteiger partial charge in [0.05, 0.1) is 6.04 Å². The second-order valence-electron chi connectivity index (χ2n) is 4.36. The first-order chi connectivity index (χ1) is 7.15. The zero-order valence-electron chi connectivity index (χ0n) is 9.92. The van der Waals surface area contributed by atoms with Gasteiger partial charge >= 0.3 is 0 Å². The summed E-state index contributed by atoms with van der Waals surface area (Å²) in [5, 5.41) is 3.11. The molecule has 0 saturated carbocycles. The van der Waals surface area contributed by atoms with Crippen molar-refractivity contribution in [2.75, 3.05) is 7.05 Å². The van der Waals surface area contributed by atoms with E-state index in [4.69, 9.17) is 0 Å². The number of rotatable bonds is 5. The number of Topliss-reactive ketones (excluding diaryl/α,β-unsaturated/α-hetero) is 1. The first kappa shape index (κ1) is 12.2. The molecule has 0 saturated heterocycles. The number of carbonyl (C=O) groups is 1. The lowest BCUT2D eigenvalue weighted by atomic mass is 9.93. The summed E-state index contributed by atoms with van der Waals surface area (Å²) in [4.78, 5) is 11.8. The van der Waals surface area contributed by atoms with Gasteiger partial charge in [0.25, 0.3) is 0 Å². The Morgan fingerprint density at radius 1 is 1.47 bits per heavy atom. The molecule has 84 valence electrons. The molecule has 0 aromatic carbocycles. The largest absolute Gasteiger partial charge is 0.310 e. The molecular weight excluding hydrogens is 186 g/mol. The van der Waals surface area contributed by atoms with Gasteiger partial charge in [-0.3, -0.25) is 4.79 Å². The molecule has 1 aliphatic carbocycles. The summed E-state index contributed by atoms with van der Waals surface area (Å²) in [7, 11) is 1.86. The average molecular weight is 207 g/mol. The first-order valence-electron chi connectivity index (χ1n) is 5.71. The van der Waals surface area contributed by atoms with Crippen molar-refractivity contribution in [1.29, 1.82) is 0 Å². The van der Waals surface area contributed by atoms with Crippen molar-refractivity contribution in [3.05, 3.63) is 23.8 Å². The third-order valence-electron chi connectivity index (χ3n) is 2.77. The van der Waals surface area contributed by atoms with E-state index in [1.807, 2.05) is 20.9 Å². The Hall–Kier alpha value is -0.890. The van der Waals surface area contributed by atoms with Gasteiger partial charge < -0.3 is 5.32 Å². The Bertz CT molecular complexity index is 276. The molecule has 1 atom stereocenters. The standard InChI is InChI=1S/C13H21NO/c1-10(2)13(15)12(14-3)9-11-7-5-4-6-8-11/h5,7-8,10,12,14H,4,6,9H2,1-3H3. The minimum Gasteiger partial charge on any atom is -0.310 e. The van der Waals surface area contributed by atoms with Crippen molar-refractivity contribution < 1.29 is 4.79 Å². The van der Waals surface area contributed by atoms with Crippen LogP contribution in [0.3, 0.4) is 0 Å². The fourth-order valence-corrected chi connectivity index (χ4v) is 1.80. The normalized spacial score (nSPS) is 17.7. The van der Waals surface area contributed by atoms with E-state index in [1.54, 1.807) is 0 Å². The lowest BCUT2D eigenvalue weighted by Gasteiger charge is -2.18. The monoisotopic (exact) mass is 207 g/mol. The van der Waals surface area contributed by atoms with Crippen molar-refractivity contribution in [3.8, 4) is 0 Å². The highest BCUT2D eigenvalue weighted by molar-refractivity contribution is 5.86. The van der Waals surface area contributed by atoms with E-state index >= 15 is 0 Å². The quantitative estimate of drug-likeness (QED) is 0.750. The van der Waals surface area contributed by atoms with Gasteiger partial charge in [-0.25, -0.2) is 0 Å². The maximum atomic E-state index is 11.8. The first-order valence-corrected chi connectivity index (χ1v) is 5.71. The molecule has 0 aromatic rings. The Morgan fingerprint density at radius 3 is 2.67 bits per heavy atom. The van der Waals surface area contributed by atoms with Gasteiger partial charge in [0.2, 0.25) is 0 Å². The molecule has 2 nitrogen and oxygen atoms in total. The van der Waals surface area contributed by atoms with Crippen LogP contribution in [0.15, 0.2) is 23.8 Å². The predicted octanol–water partition coefficient (Wildman–Crippen LogP) is 2.47. The fraction of sp³-hybridized carbons (Fsp3) is 0.615. The molecule has 0 aromatic heterocycles. The number of carbonyl (C=O) groups excluding carboxylic acids is 1. The van der Waals surface area contributed by atoms with Crippen LogP contribution < -0.4 is 5.32 Å². The van der Waals surface area contributed by atoms with Gasteiger partial charge in [-0.2, -0.15) is 0 Å². The molecule has 0 spiro atoms. The second kappa shape index (κ2) is 5.86. The summed E-state index contributed by atoms with van der Waals surface area (Å²) in [6.07, 6.45) is 9.62. The zero-order valence-corrected chi connectivity index (χ0v) is 9.92. The molecule has 0 heterocycles. The molecule has 15 heavy (non-hydrogen) atoms. The Balaban J connectivity index is 2.57. The maximum Gasteiger partial charge on any atom is 0.152 e.